The van der Waals surface area contributed by atoms with E-state index in [9.17, 15) is 4.79 Å². The molecular formula is C37H47N3O3. The predicted molar refractivity (Wildman–Crippen MR) is 172 cm³/mol. The van der Waals surface area contributed by atoms with Crippen molar-refractivity contribution in [1.82, 2.24) is 15.1 Å². The average Bonchev–Trinajstić information content (AvgIpc) is 3.09. The minimum atomic E-state index is 0.00412. The van der Waals surface area contributed by atoms with Crippen molar-refractivity contribution in [1.29, 1.82) is 0 Å². The van der Waals surface area contributed by atoms with Gasteiger partial charge < -0.3 is 19.7 Å². The molecule has 0 aromatic heterocycles. The molecule has 6 nitrogen and oxygen atoms in total. The SMILES string of the molecule is O=C(NCC1(N2CCOCC2)CCCCC1)c1ccc(OC2CCN(CC(c3ccccc3)c3ccccc3)CC2)cc1. The number of hydrogen-bond donors (Lipinski definition) is 1. The van der Waals surface area contributed by atoms with E-state index in [0.29, 0.717) is 18.0 Å². The van der Waals surface area contributed by atoms with E-state index in [0.717, 1.165) is 77.4 Å². The highest BCUT2D eigenvalue weighted by Gasteiger charge is 2.39. The number of morpholine rings is 1. The quantitative estimate of drug-likeness (QED) is 0.312. The summed E-state index contributed by atoms with van der Waals surface area (Å²) in [5.41, 5.74) is 3.50. The number of benzene rings is 3. The van der Waals surface area contributed by atoms with Gasteiger partial charge in [0, 0.05) is 56.3 Å². The second kappa shape index (κ2) is 14.5. The highest BCUT2D eigenvalue weighted by atomic mass is 16.5. The van der Waals surface area contributed by atoms with Crippen molar-refractivity contribution < 1.29 is 14.3 Å². The monoisotopic (exact) mass is 581 g/mol. The third kappa shape index (κ3) is 7.67. The van der Waals surface area contributed by atoms with E-state index in [1.807, 2.05) is 24.3 Å². The van der Waals surface area contributed by atoms with Crippen molar-refractivity contribution in [3.63, 3.8) is 0 Å². The molecule has 6 rings (SSSR count). The van der Waals surface area contributed by atoms with Gasteiger partial charge in [-0.3, -0.25) is 9.69 Å². The third-order valence-corrected chi connectivity index (χ3v) is 9.84. The Morgan fingerprint density at radius 1 is 0.814 bits per heavy atom. The molecule has 6 heteroatoms. The van der Waals surface area contributed by atoms with Gasteiger partial charge in [0.15, 0.2) is 0 Å². The van der Waals surface area contributed by atoms with Crippen LogP contribution in [-0.4, -0.2) is 79.8 Å². The molecule has 0 atom stereocenters. The van der Waals surface area contributed by atoms with Gasteiger partial charge in [-0.05, 0) is 61.1 Å². The fraction of sp³-hybridized carbons (Fsp3) is 0.486. The van der Waals surface area contributed by atoms with E-state index in [4.69, 9.17) is 9.47 Å². The molecule has 1 aliphatic carbocycles. The summed E-state index contributed by atoms with van der Waals surface area (Å²) in [6, 6.07) is 29.4. The molecule has 1 saturated carbocycles. The molecule has 43 heavy (non-hydrogen) atoms. The van der Waals surface area contributed by atoms with E-state index in [1.54, 1.807) is 0 Å². The van der Waals surface area contributed by atoms with Gasteiger partial charge in [0.05, 0.1) is 13.2 Å². The molecule has 2 saturated heterocycles. The molecule has 2 aliphatic heterocycles. The van der Waals surface area contributed by atoms with Crippen molar-refractivity contribution in [2.24, 2.45) is 0 Å². The first-order valence-corrected chi connectivity index (χ1v) is 16.4. The Morgan fingerprint density at radius 3 is 2.02 bits per heavy atom. The van der Waals surface area contributed by atoms with Crippen LogP contribution in [0.25, 0.3) is 0 Å². The molecule has 0 bridgehead atoms. The largest absolute Gasteiger partial charge is 0.490 e. The first kappa shape index (κ1) is 29.9. The van der Waals surface area contributed by atoms with Gasteiger partial charge in [-0.25, -0.2) is 0 Å². The zero-order chi connectivity index (χ0) is 29.3. The summed E-state index contributed by atoms with van der Waals surface area (Å²) >= 11 is 0. The summed E-state index contributed by atoms with van der Waals surface area (Å²) in [5.74, 6) is 1.21. The fourth-order valence-electron chi connectivity index (χ4n) is 7.32. The zero-order valence-electron chi connectivity index (χ0n) is 25.5. The molecular weight excluding hydrogens is 534 g/mol. The highest BCUT2D eigenvalue weighted by molar-refractivity contribution is 5.94. The van der Waals surface area contributed by atoms with Crippen LogP contribution in [0.3, 0.4) is 0 Å². The lowest BCUT2D eigenvalue weighted by Crippen LogP contribution is -2.59. The summed E-state index contributed by atoms with van der Waals surface area (Å²) in [7, 11) is 0. The smallest absolute Gasteiger partial charge is 0.251 e. The molecule has 3 aliphatic rings. The summed E-state index contributed by atoms with van der Waals surface area (Å²) in [6.07, 6.45) is 8.27. The number of likely N-dealkylation sites (tertiary alicyclic amines) is 1. The number of carbonyl (C=O) groups is 1. The van der Waals surface area contributed by atoms with Crippen LogP contribution in [0, 0.1) is 0 Å². The minimum Gasteiger partial charge on any atom is -0.490 e. The molecule has 0 spiro atoms. The van der Waals surface area contributed by atoms with Crippen LogP contribution in [0.5, 0.6) is 5.75 Å². The number of ether oxygens (including phenoxy) is 2. The van der Waals surface area contributed by atoms with Gasteiger partial charge in [-0.2, -0.15) is 0 Å². The molecule has 3 aromatic rings. The Kier molecular flexibility index (Phi) is 10.1. The van der Waals surface area contributed by atoms with Crippen molar-refractivity contribution in [2.45, 2.75) is 62.5 Å². The molecule has 3 aromatic carbocycles. The number of amides is 1. The molecule has 3 fully saturated rings. The lowest BCUT2D eigenvalue weighted by Gasteiger charge is -2.48. The fourth-order valence-corrected chi connectivity index (χ4v) is 7.32. The maximum absolute atomic E-state index is 13.1. The lowest BCUT2D eigenvalue weighted by molar-refractivity contribution is -0.0361. The van der Waals surface area contributed by atoms with Crippen molar-refractivity contribution in [3.05, 3.63) is 102 Å². The van der Waals surface area contributed by atoms with Crippen LogP contribution >= 0.6 is 0 Å². The Balaban J connectivity index is 0.993. The topological polar surface area (TPSA) is 54.0 Å². The maximum atomic E-state index is 13.1. The standard InChI is InChI=1S/C37H47N3O3/c41-36(38-29-37(20-8-3-9-21-37)40-24-26-42-27-25-40)32-14-16-33(17-15-32)43-34-18-22-39(23-19-34)28-35(30-10-4-1-5-11-30)31-12-6-2-7-13-31/h1-2,4-7,10-17,34-35H,3,8-9,18-29H2,(H,38,41). The molecule has 0 unspecified atom stereocenters. The molecule has 1 N–H and O–H groups in total. The highest BCUT2D eigenvalue weighted by Crippen LogP contribution is 2.34. The van der Waals surface area contributed by atoms with Crippen molar-refractivity contribution in [3.8, 4) is 5.75 Å². The summed E-state index contributed by atoms with van der Waals surface area (Å²) in [5, 5.41) is 3.28. The normalized spacial score (nSPS) is 20.1. The predicted octanol–water partition coefficient (Wildman–Crippen LogP) is 6.13. The Labute approximate surface area is 257 Å². The number of rotatable bonds is 10. The molecule has 2 heterocycles. The van der Waals surface area contributed by atoms with E-state index in [2.05, 4.69) is 75.8 Å². The van der Waals surface area contributed by atoms with Gasteiger partial charge in [0.2, 0.25) is 0 Å². The minimum absolute atomic E-state index is 0.00412. The number of nitrogens with zero attached hydrogens (tertiary/aromatic N) is 2. The van der Waals surface area contributed by atoms with E-state index < -0.39 is 0 Å². The first-order chi connectivity index (χ1) is 21.2. The number of carbonyl (C=O) groups excluding carboxylic acids is 1. The van der Waals surface area contributed by atoms with Gasteiger partial charge in [0.25, 0.3) is 5.91 Å². The van der Waals surface area contributed by atoms with E-state index in [1.165, 1.54) is 30.4 Å². The van der Waals surface area contributed by atoms with E-state index >= 15 is 0 Å². The van der Waals surface area contributed by atoms with Crippen LogP contribution in [0.4, 0.5) is 0 Å². The summed E-state index contributed by atoms with van der Waals surface area (Å²) < 4.78 is 12.0. The third-order valence-electron chi connectivity index (χ3n) is 9.84. The van der Waals surface area contributed by atoms with Crippen LogP contribution in [0.1, 0.15) is 72.3 Å². The van der Waals surface area contributed by atoms with Gasteiger partial charge in [-0.1, -0.05) is 79.9 Å². The summed E-state index contributed by atoms with van der Waals surface area (Å²) in [6.45, 7) is 7.26. The molecule has 0 radical (unpaired) electrons. The van der Waals surface area contributed by atoms with Crippen LogP contribution in [0.15, 0.2) is 84.9 Å². The zero-order valence-corrected chi connectivity index (χ0v) is 25.5. The Morgan fingerprint density at radius 2 is 1.42 bits per heavy atom. The van der Waals surface area contributed by atoms with Gasteiger partial charge >= 0.3 is 0 Å². The number of hydrogen-bond acceptors (Lipinski definition) is 5. The molecule has 228 valence electrons. The maximum Gasteiger partial charge on any atom is 0.251 e. The van der Waals surface area contributed by atoms with Crippen LogP contribution in [-0.2, 0) is 4.74 Å². The van der Waals surface area contributed by atoms with Crippen LogP contribution in [0.2, 0.25) is 0 Å². The second-order valence-corrected chi connectivity index (χ2v) is 12.6. The first-order valence-electron chi connectivity index (χ1n) is 16.4. The average molecular weight is 582 g/mol. The number of piperidine rings is 1. The molecule has 1 amide bonds. The van der Waals surface area contributed by atoms with Gasteiger partial charge in [-0.15, -0.1) is 0 Å². The lowest BCUT2D eigenvalue weighted by atomic mass is 9.79. The van der Waals surface area contributed by atoms with E-state index in [-0.39, 0.29) is 17.6 Å². The van der Waals surface area contributed by atoms with Gasteiger partial charge in [0.1, 0.15) is 11.9 Å². The van der Waals surface area contributed by atoms with Crippen molar-refractivity contribution in [2.75, 3.05) is 52.5 Å². The Hall–Kier alpha value is -3.19. The van der Waals surface area contributed by atoms with Crippen molar-refractivity contribution >= 4 is 5.91 Å². The number of nitrogens with one attached hydrogen (secondary N) is 1. The Bertz CT molecular complexity index is 1220. The second-order valence-electron chi connectivity index (χ2n) is 12.6. The summed E-state index contributed by atoms with van der Waals surface area (Å²) in [4.78, 5) is 18.3. The van der Waals surface area contributed by atoms with Crippen LogP contribution < -0.4 is 10.1 Å².